The molecule has 0 aliphatic carbocycles. The van der Waals surface area contributed by atoms with Gasteiger partial charge in [0.1, 0.15) is 0 Å². The maximum Gasteiger partial charge on any atom is 0.273 e. The molecule has 2 aromatic rings. The summed E-state index contributed by atoms with van der Waals surface area (Å²) in [6.07, 6.45) is -0.974. The normalized spacial score (nSPS) is 12.3. The van der Waals surface area contributed by atoms with Crippen molar-refractivity contribution in [3.63, 3.8) is 0 Å². The van der Waals surface area contributed by atoms with Crippen LogP contribution in [0.25, 0.3) is 10.6 Å². The van der Waals surface area contributed by atoms with Crippen LogP contribution in [0.15, 0.2) is 28.1 Å². The SMILES string of the molecule is O=C(NCC(O)CO)c1cc(-c2cccs2)on1. The molecular weight excluding hydrogens is 256 g/mol. The molecule has 0 radical (unpaired) electrons. The van der Waals surface area contributed by atoms with E-state index in [1.807, 2.05) is 17.5 Å². The van der Waals surface area contributed by atoms with Crippen LogP contribution in [0, 0.1) is 0 Å². The van der Waals surface area contributed by atoms with E-state index in [1.54, 1.807) is 0 Å². The highest BCUT2D eigenvalue weighted by Crippen LogP contribution is 2.24. The lowest BCUT2D eigenvalue weighted by molar-refractivity contribution is 0.0796. The van der Waals surface area contributed by atoms with Gasteiger partial charge in [0.05, 0.1) is 17.6 Å². The van der Waals surface area contributed by atoms with Crippen LogP contribution in [0.2, 0.25) is 0 Å². The molecule has 2 aromatic heterocycles. The number of carbonyl (C=O) groups is 1. The van der Waals surface area contributed by atoms with Crippen molar-refractivity contribution in [2.75, 3.05) is 13.2 Å². The molecule has 1 unspecified atom stereocenters. The summed E-state index contributed by atoms with van der Waals surface area (Å²) in [6.45, 7) is -0.434. The lowest BCUT2D eigenvalue weighted by Crippen LogP contribution is -2.34. The Bertz CT molecular complexity index is 509. The molecule has 0 aromatic carbocycles. The van der Waals surface area contributed by atoms with Gasteiger partial charge in [-0.05, 0) is 11.4 Å². The molecule has 1 amide bonds. The van der Waals surface area contributed by atoms with Crippen molar-refractivity contribution in [1.82, 2.24) is 10.5 Å². The molecule has 0 saturated heterocycles. The van der Waals surface area contributed by atoms with Gasteiger partial charge in [-0.25, -0.2) is 0 Å². The van der Waals surface area contributed by atoms with E-state index >= 15 is 0 Å². The van der Waals surface area contributed by atoms with Crippen LogP contribution in [0.4, 0.5) is 0 Å². The molecule has 18 heavy (non-hydrogen) atoms. The summed E-state index contributed by atoms with van der Waals surface area (Å²) in [5.41, 5.74) is 0.142. The number of nitrogens with zero attached hydrogens (tertiary/aromatic N) is 1. The lowest BCUT2D eigenvalue weighted by atomic mass is 10.3. The Balaban J connectivity index is 1.99. The van der Waals surface area contributed by atoms with Gasteiger partial charge in [-0.1, -0.05) is 11.2 Å². The highest BCUT2D eigenvalue weighted by Gasteiger charge is 2.14. The Kier molecular flexibility index (Phi) is 4.08. The predicted octanol–water partition coefficient (Wildman–Crippen LogP) is 0.486. The van der Waals surface area contributed by atoms with Gasteiger partial charge < -0.3 is 20.1 Å². The van der Waals surface area contributed by atoms with Crippen molar-refractivity contribution in [3.8, 4) is 10.6 Å². The summed E-state index contributed by atoms with van der Waals surface area (Å²) in [6, 6.07) is 5.27. The number of hydrogen-bond acceptors (Lipinski definition) is 6. The first-order valence-corrected chi connectivity index (χ1v) is 6.16. The highest BCUT2D eigenvalue weighted by atomic mass is 32.1. The fourth-order valence-electron chi connectivity index (χ4n) is 1.28. The van der Waals surface area contributed by atoms with Crippen molar-refractivity contribution in [2.24, 2.45) is 0 Å². The summed E-state index contributed by atoms with van der Waals surface area (Å²) < 4.78 is 5.05. The van der Waals surface area contributed by atoms with Crippen LogP contribution in [0.5, 0.6) is 0 Å². The van der Waals surface area contributed by atoms with E-state index in [-0.39, 0.29) is 12.2 Å². The van der Waals surface area contributed by atoms with Crippen molar-refractivity contribution >= 4 is 17.2 Å². The van der Waals surface area contributed by atoms with E-state index in [1.165, 1.54) is 17.4 Å². The smallest absolute Gasteiger partial charge is 0.273 e. The Hall–Kier alpha value is -1.70. The molecule has 0 saturated carbocycles. The molecule has 1 atom stereocenters. The molecule has 2 rings (SSSR count). The maximum absolute atomic E-state index is 11.6. The van der Waals surface area contributed by atoms with Crippen LogP contribution in [0.3, 0.4) is 0 Å². The molecule has 96 valence electrons. The van der Waals surface area contributed by atoms with Crippen LogP contribution in [0.1, 0.15) is 10.5 Å². The number of amides is 1. The van der Waals surface area contributed by atoms with E-state index in [2.05, 4.69) is 10.5 Å². The Morgan fingerprint density at radius 1 is 1.61 bits per heavy atom. The van der Waals surface area contributed by atoms with E-state index < -0.39 is 18.6 Å². The van der Waals surface area contributed by atoms with E-state index in [0.29, 0.717) is 5.76 Å². The van der Waals surface area contributed by atoms with Gasteiger partial charge in [-0.2, -0.15) is 0 Å². The fourth-order valence-corrected chi connectivity index (χ4v) is 1.96. The largest absolute Gasteiger partial charge is 0.394 e. The minimum absolute atomic E-state index is 0.0312. The lowest BCUT2D eigenvalue weighted by Gasteiger charge is -2.06. The predicted molar refractivity (Wildman–Crippen MR) is 65.2 cm³/mol. The second kappa shape index (κ2) is 5.76. The number of rotatable bonds is 5. The molecule has 2 heterocycles. The zero-order valence-corrected chi connectivity index (χ0v) is 10.2. The molecule has 0 aliphatic heterocycles. The van der Waals surface area contributed by atoms with Gasteiger partial charge in [0.25, 0.3) is 5.91 Å². The topological polar surface area (TPSA) is 95.6 Å². The Morgan fingerprint density at radius 2 is 2.44 bits per heavy atom. The third kappa shape index (κ3) is 2.95. The molecule has 0 aliphatic rings. The zero-order chi connectivity index (χ0) is 13.0. The van der Waals surface area contributed by atoms with Crippen LogP contribution in [-0.4, -0.2) is 40.5 Å². The number of thiophene rings is 1. The van der Waals surface area contributed by atoms with E-state index in [4.69, 9.17) is 14.7 Å². The second-order valence-electron chi connectivity index (χ2n) is 3.60. The number of hydrogen-bond donors (Lipinski definition) is 3. The molecule has 3 N–H and O–H groups in total. The first kappa shape index (κ1) is 12.7. The van der Waals surface area contributed by atoms with Gasteiger partial charge in [-0.15, -0.1) is 11.3 Å². The monoisotopic (exact) mass is 268 g/mol. The Labute approximate surface area is 107 Å². The van der Waals surface area contributed by atoms with Crippen LogP contribution < -0.4 is 5.32 Å². The van der Waals surface area contributed by atoms with Gasteiger partial charge >= 0.3 is 0 Å². The van der Waals surface area contributed by atoms with Gasteiger partial charge in [0.15, 0.2) is 11.5 Å². The van der Waals surface area contributed by atoms with Crippen molar-refractivity contribution < 1.29 is 19.5 Å². The maximum atomic E-state index is 11.6. The Morgan fingerprint density at radius 3 is 3.11 bits per heavy atom. The molecule has 0 bridgehead atoms. The number of nitrogens with one attached hydrogen (secondary N) is 1. The van der Waals surface area contributed by atoms with Crippen molar-refractivity contribution in [3.05, 3.63) is 29.3 Å². The quantitative estimate of drug-likeness (QED) is 0.733. The number of aliphatic hydroxyl groups is 2. The minimum atomic E-state index is -0.974. The van der Waals surface area contributed by atoms with Gasteiger partial charge in [-0.3, -0.25) is 4.79 Å². The first-order valence-electron chi connectivity index (χ1n) is 5.28. The molecule has 0 fully saturated rings. The summed E-state index contributed by atoms with van der Waals surface area (Å²) in [5.74, 6) is 0.0758. The number of aromatic nitrogens is 1. The fraction of sp³-hybridized carbons (Fsp3) is 0.273. The van der Waals surface area contributed by atoms with E-state index in [9.17, 15) is 4.79 Å². The zero-order valence-electron chi connectivity index (χ0n) is 9.37. The summed E-state index contributed by atoms with van der Waals surface area (Å²) >= 11 is 1.48. The summed E-state index contributed by atoms with van der Waals surface area (Å²) in [7, 11) is 0. The second-order valence-corrected chi connectivity index (χ2v) is 4.55. The summed E-state index contributed by atoms with van der Waals surface area (Å²) in [5, 5.41) is 25.7. The van der Waals surface area contributed by atoms with Gasteiger partial charge in [0.2, 0.25) is 0 Å². The third-order valence-corrected chi connectivity index (χ3v) is 3.10. The van der Waals surface area contributed by atoms with Crippen LogP contribution in [-0.2, 0) is 0 Å². The highest BCUT2D eigenvalue weighted by molar-refractivity contribution is 7.13. The molecule has 7 heteroatoms. The number of aliphatic hydroxyl groups excluding tert-OH is 2. The molecular formula is C11H12N2O4S. The van der Waals surface area contributed by atoms with Crippen molar-refractivity contribution in [2.45, 2.75) is 6.10 Å². The van der Waals surface area contributed by atoms with Crippen molar-refractivity contribution in [1.29, 1.82) is 0 Å². The average Bonchev–Trinajstić information content (AvgIpc) is 3.04. The average molecular weight is 268 g/mol. The van der Waals surface area contributed by atoms with Crippen LogP contribution >= 0.6 is 11.3 Å². The van der Waals surface area contributed by atoms with Gasteiger partial charge in [0, 0.05) is 12.6 Å². The standard InChI is InChI=1S/C11H12N2O4S/c14-6-7(15)5-12-11(16)8-4-9(17-13-8)10-2-1-3-18-10/h1-4,7,14-15H,5-6H2,(H,12,16). The van der Waals surface area contributed by atoms with E-state index in [0.717, 1.165) is 4.88 Å². The third-order valence-electron chi connectivity index (χ3n) is 2.22. The molecule has 0 spiro atoms. The summed E-state index contributed by atoms with van der Waals surface area (Å²) in [4.78, 5) is 12.5. The number of carbonyl (C=O) groups excluding carboxylic acids is 1. The minimum Gasteiger partial charge on any atom is -0.394 e. The molecule has 6 nitrogen and oxygen atoms in total. The first-order chi connectivity index (χ1) is 8.70.